The largest absolute Gasteiger partial charge is 0.481 e. The molecule has 2 amide bonds. The predicted octanol–water partition coefficient (Wildman–Crippen LogP) is 1.73. The molecule has 1 aliphatic rings. The van der Waals surface area contributed by atoms with Crippen molar-refractivity contribution < 1.29 is 14.7 Å². The van der Waals surface area contributed by atoms with E-state index in [1.807, 2.05) is 13.8 Å². The molecular formula is C12H22N2O3. The quantitative estimate of drug-likeness (QED) is 0.636. The maximum absolute atomic E-state index is 11.6. The lowest BCUT2D eigenvalue weighted by Gasteiger charge is -2.19. The number of amides is 2. The van der Waals surface area contributed by atoms with Gasteiger partial charge in [-0.1, -0.05) is 13.3 Å². The molecule has 0 bridgehead atoms. The predicted molar refractivity (Wildman–Crippen MR) is 64.8 cm³/mol. The van der Waals surface area contributed by atoms with Crippen molar-refractivity contribution in [1.29, 1.82) is 0 Å². The molecule has 5 heteroatoms. The van der Waals surface area contributed by atoms with Gasteiger partial charge in [0.25, 0.3) is 0 Å². The fraction of sp³-hybridized carbons (Fsp3) is 0.833. The van der Waals surface area contributed by atoms with E-state index in [2.05, 4.69) is 10.6 Å². The molecule has 1 aliphatic carbocycles. The van der Waals surface area contributed by atoms with Gasteiger partial charge in [0.15, 0.2) is 0 Å². The van der Waals surface area contributed by atoms with Crippen LogP contribution in [0.1, 0.15) is 46.0 Å². The second kappa shape index (κ2) is 6.47. The summed E-state index contributed by atoms with van der Waals surface area (Å²) >= 11 is 0. The summed E-state index contributed by atoms with van der Waals surface area (Å²) < 4.78 is 0. The van der Waals surface area contributed by atoms with Gasteiger partial charge in [0.05, 0.1) is 6.42 Å². The van der Waals surface area contributed by atoms with Crippen LogP contribution in [0, 0.1) is 5.92 Å². The zero-order valence-corrected chi connectivity index (χ0v) is 10.5. The summed E-state index contributed by atoms with van der Waals surface area (Å²) in [5.74, 6) is -0.274. The molecule has 0 aliphatic heterocycles. The Kier molecular flexibility index (Phi) is 5.25. The molecule has 0 aromatic carbocycles. The van der Waals surface area contributed by atoms with Crippen molar-refractivity contribution in [3.63, 3.8) is 0 Å². The highest BCUT2D eigenvalue weighted by Gasteiger charge is 2.29. The minimum absolute atomic E-state index is 0.0148. The Balaban J connectivity index is 2.31. The SMILES string of the molecule is CCCC(CC(=O)O)NC(=O)NC(C)C1CC1. The van der Waals surface area contributed by atoms with E-state index in [1.54, 1.807) is 0 Å². The summed E-state index contributed by atoms with van der Waals surface area (Å²) in [6.07, 6.45) is 3.89. The van der Waals surface area contributed by atoms with E-state index in [4.69, 9.17) is 5.11 Å². The van der Waals surface area contributed by atoms with E-state index >= 15 is 0 Å². The molecule has 1 fully saturated rings. The van der Waals surface area contributed by atoms with Crippen LogP contribution in [0.2, 0.25) is 0 Å². The summed E-state index contributed by atoms with van der Waals surface area (Å²) in [5, 5.41) is 14.3. The van der Waals surface area contributed by atoms with E-state index in [0.29, 0.717) is 12.3 Å². The first-order chi connectivity index (χ1) is 8.02. The molecular weight excluding hydrogens is 220 g/mol. The van der Waals surface area contributed by atoms with Gasteiger partial charge in [-0.05, 0) is 32.1 Å². The third-order valence-corrected chi connectivity index (χ3v) is 3.08. The summed E-state index contributed by atoms with van der Waals surface area (Å²) in [5.41, 5.74) is 0. The maximum Gasteiger partial charge on any atom is 0.315 e. The van der Waals surface area contributed by atoms with E-state index < -0.39 is 5.97 Å². The molecule has 3 N–H and O–H groups in total. The number of hydrogen-bond acceptors (Lipinski definition) is 2. The standard InChI is InChI=1S/C12H22N2O3/c1-3-4-10(7-11(15)16)14-12(17)13-8(2)9-5-6-9/h8-10H,3-7H2,1-2H3,(H,15,16)(H2,13,14,17). The third-order valence-electron chi connectivity index (χ3n) is 3.08. The van der Waals surface area contributed by atoms with Crippen LogP contribution in [0.25, 0.3) is 0 Å². The molecule has 0 aromatic heterocycles. The van der Waals surface area contributed by atoms with Crippen LogP contribution in [0.15, 0.2) is 0 Å². The minimum atomic E-state index is -0.876. The summed E-state index contributed by atoms with van der Waals surface area (Å²) in [6, 6.07) is -0.338. The lowest BCUT2D eigenvalue weighted by molar-refractivity contribution is -0.137. The van der Waals surface area contributed by atoms with Crippen LogP contribution in [-0.2, 0) is 4.79 Å². The van der Waals surface area contributed by atoms with Crippen LogP contribution < -0.4 is 10.6 Å². The molecule has 98 valence electrons. The molecule has 1 saturated carbocycles. The third kappa shape index (κ3) is 5.56. The van der Waals surface area contributed by atoms with Crippen LogP contribution in [-0.4, -0.2) is 29.2 Å². The molecule has 0 radical (unpaired) electrons. The number of carboxylic acids is 1. The van der Waals surface area contributed by atoms with Crippen molar-refractivity contribution >= 4 is 12.0 Å². The molecule has 0 aromatic rings. The van der Waals surface area contributed by atoms with E-state index in [-0.39, 0.29) is 24.5 Å². The van der Waals surface area contributed by atoms with Crippen molar-refractivity contribution in [3.8, 4) is 0 Å². The van der Waals surface area contributed by atoms with Crippen molar-refractivity contribution in [2.45, 2.75) is 58.0 Å². The number of rotatable bonds is 7. The van der Waals surface area contributed by atoms with Crippen LogP contribution in [0.4, 0.5) is 4.79 Å². The molecule has 0 saturated heterocycles. The van der Waals surface area contributed by atoms with Gasteiger partial charge in [-0.15, -0.1) is 0 Å². The first-order valence-electron chi connectivity index (χ1n) is 6.31. The molecule has 5 nitrogen and oxygen atoms in total. The summed E-state index contributed by atoms with van der Waals surface area (Å²) in [4.78, 5) is 22.3. The van der Waals surface area contributed by atoms with Gasteiger partial charge in [-0.2, -0.15) is 0 Å². The fourth-order valence-corrected chi connectivity index (χ4v) is 1.93. The molecule has 0 spiro atoms. The number of carbonyl (C=O) groups is 2. The number of urea groups is 1. The molecule has 2 atom stereocenters. The second-order valence-electron chi connectivity index (χ2n) is 4.83. The highest BCUT2D eigenvalue weighted by molar-refractivity contribution is 5.76. The fourth-order valence-electron chi connectivity index (χ4n) is 1.93. The van der Waals surface area contributed by atoms with Crippen LogP contribution >= 0.6 is 0 Å². The van der Waals surface area contributed by atoms with E-state index in [9.17, 15) is 9.59 Å². The smallest absolute Gasteiger partial charge is 0.315 e. The number of hydrogen-bond donors (Lipinski definition) is 3. The topological polar surface area (TPSA) is 78.4 Å². The Morgan fingerprint density at radius 1 is 1.35 bits per heavy atom. The van der Waals surface area contributed by atoms with Gasteiger partial charge in [0, 0.05) is 12.1 Å². The highest BCUT2D eigenvalue weighted by atomic mass is 16.4. The van der Waals surface area contributed by atoms with Gasteiger partial charge in [-0.3, -0.25) is 4.79 Å². The lowest BCUT2D eigenvalue weighted by atomic mass is 10.1. The molecule has 17 heavy (non-hydrogen) atoms. The zero-order chi connectivity index (χ0) is 12.8. The van der Waals surface area contributed by atoms with Crippen LogP contribution in [0.3, 0.4) is 0 Å². The van der Waals surface area contributed by atoms with E-state index in [1.165, 1.54) is 12.8 Å². The molecule has 2 unspecified atom stereocenters. The first kappa shape index (κ1) is 13.8. The maximum atomic E-state index is 11.6. The van der Waals surface area contributed by atoms with Crippen molar-refractivity contribution in [1.82, 2.24) is 10.6 Å². The highest BCUT2D eigenvalue weighted by Crippen LogP contribution is 2.32. The zero-order valence-electron chi connectivity index (χ0n) is 10.5. The molecule has 0 heterocycles. The van der Waals surface area contributed by atoms with Gasteiger partial charge < -0.3 is 15.7 Å². The van der Waals surface area contributed by atoms with Crippen molar-refractivity contribution in [2.24, 2.45) is 5.92 Å². The Morgan fingerprint density at radius 2 is 2.00 bits per heavy atom. The Labute approximate surface area is 102 Å². The van der Waals surface area contributed by atoms with Gasteiger partial charge in [0.1, 0.15) is 0 Å². The monoisotopic (exact) mass is 242 g/mol. The second-order valence-corrected chi connectivity index (χ2v) is 4.83. The number of aliphatic carboxylic acids is 1. The van der Waals surface area contributed by atoms with Gasteiger partial charge >= 0.3 is 12.0 Å². The summed E-state index contributed by atoms with van der Waals surface area (Å²) in [7, 11) is 0. The Morgan fingerprint density at radius 3 is 2.47 bits per heavy atom. The van der Waals surface area contributed by atoms with Crippen molar-refractivity contribution in [3.05, 3.63) is 0 Å². The Hall–Kier alpha value is -1.26. The Bertz CT molecular complexity index is 277. The van der Waals surface area contributed by atoms with Gasteiger partial charge in [0.2, 0.25) is 0 Å². The average Bonchev–Trinajstić information content (AvgIpc) is 2.99. The normalized spacial score (nSPS) is 18.2. The average molecular weight is 242 g/mol. The number of carbonyl (C=O) groups excluding carboxylic acids is 1. The lowest BCUT2D eigenvalue weighted by Crippen LogP contribution is -2.46. The molecule has 1 rings (SSSR count). The number of carboxylic acid groups (broad SMARTS) is 1. The first-order valence-corrected chi connectivity index (χ1v) is 6.31. The summed E-state index contributed by atoms with van der Waals surface area (Å²) in [6.45, 7) is 3.96. The minimum Gasteiger partial charge on any atom is -0.481 e. The van der Waals surface area contributed by atoms with E-state index in [0.717, 1.165) is 6.42 Å². The van der Waals surface area contributed by atoms with Crippen molar-refractivity contribution in [2.75, 3.05) is 0 Å². The number of nitrogens with one attached hydrogen (secondary N) is 2. The van der Waals surface area contributed by atoms with Crippen LogP contribution in [0.5, 0.6) is 0 Å². The van der Waals surface area contributed by atoms with Gasteiger partial charge in [-0.25, -0.2) is 4.79 Å².